The van der Waals surface area contributed by atoms with E-state index in [1.54, 1.807) is 0 Å². The average Bonchev–Trinajstić information content (AvgIpc) is 2.52. The van der Waals surface area contributed by atoms with Crippen molar-refractivity contribution in [2.75, 3.05) is 6.61 Å². The van der Waals surface area contributed by atoms with Crippen LogP contribution in [0.2, 0.25) is 0 Å². The molecular formula is C13H18O3. The maximum absolute atomic E-state index is 9.66. The standard InChI is InChI=1S/C13H18O3/c1-13(2)9-16-12(14)11(13)15-8-10-6-4-3-5-7-10/h3-7,11-12,14H,8-9H2,1-2H3/t11-,12?/m0/s1. The molecule has 1 aromatic rings. The normalized spacial score (nSPS) is 28.2. The molecule has 1 heterocycles. The van der Waals surface area contributed by atoms with Gasteiger partial charge in [0.25, 0.3) is 0 Å². The molecule has 0 radical (unpaired) electrons. The highest BCUT2D eigenvalue weighted by Gasteiger charge is 2.43. The first-order valence-electron chi connectivity index (χ1n) is 5.55. The SMILES string of the molecule is CC1(C)COC(O)[C@@H]1OCc1ccccc1. The van der Waals surface area contributed by atoms with Crippen molar-refractivity contribution in [3.63, 3.8) is 0 Å². The van der Waals surface area contributed by atoms with Gasteiger partial charge in [0.05, 0.1) is 13.2 Å². The van der Waals surface area contributed by atoms with Crippen molar-refractivity contribution < 1.29 is 14.6 Å². The van der Waals surface area contributed by atoms with Crippen LogP contribution in [0.4, 0.5) is 0 Å². The van der Waals surface area contributed by atoms with Gasteiger partial charge in [-0.3, -0.25) is 0 Å². The molecule has 0 saturated carbocycles. The van der Waals surface area contributed by atoms with E-state index in [-0.39, 0.29) is 11.5 Å². The van der Waals surface area contributed by atoms with Crippen LogP contribution in [-0.4, -0.2) is 24.1 Å². The van der Waals surface area contributed by atoms with Gasteiger partial charge in [0.15, 0.2) is 6.29 Å². The van der Waals surface area contributed by atoms with Crippen LogP contribution in [0.1, 0.15) is 19.4 Å². The van der Waals surface area contributed by atoms with Gasteiger partial charge in [0, 0.05) is 5.41 Å². The number of hydrogen-bond acceptors (Lipinski definition) is 3. The summed E-state index contributed by atoms with van der Waals surface area (Å²) in [7, 11) is 0. The molecule has 0 aromatic heterocycles. The molecule has 3 heteroatoms. The minimum absolute atomic E-state index is 0.131. The van der Waals surface area contributed by atoms with Crippen LogP contribution < -0.4 is 0 Å². The number of benzene rings is 1. The van der Waals surface area contributed by atoms with Crippen molar-refractivity contribution in [3.8, 4) is 0 Å². The van der Waals surface area contributed by atoms with E-state index in [2.05, 4.69) is 0 Å². The Kier molecular flexibility index (Phi) is 3.28. The number of hydrogen-bond donors (Lipinski definition) is 1. The molecule has 1 saturated heterocycles. The van der Waals surface area contributed by atoms with Gasteiger partial charge >= 0.3 is 0 Å². The summed E-state index contributed by atoms with van der Waals surface area (Å²) in [4.78, 5) is 0. The zero-order chi connectivity index (χ0) is 11.6. The predicted molar refractivity (Wildman–Crippen MR) is 60.8 cm³/mol. The molecule has 2 rings (SSSR count). The van der Waals surface area contributed by atoms with E-state index in [0.29, 0.717) is 13.2 Å². The third-order valence-electron chi connectivity index (χ3n) is 2.93. The highest BCUT2D eigenvalue weighted by atomic mass is 16.6. The zero-order valence-corrected chi connectivity index (χ0v) is 9.72. The van der Waals surface area contributed by atoms with E-state index >= 15 is 0 Å². The van der Waals surface area contributed by atoms with E-state index in [4.69, 9.17) is 9.47 Å². The lowest BCUT2D eigenvalue weighted by Gasteiger charge is -2.26. The average molecular weight is 222 g/mol. The molecule has 1 unspecified atom stereocenters. The Morgan fingerprint density at radius 3 is 2.62 bits per heavy atom. The summed E-state index contributed by atoms with van der Waals surface area (Å²) in [5.41, 5.74) is 0.978. The van der Waals surface area contributed by atoms with Gasteiger partial charge in [0.1, 0.15) is 6.10 Å². The van der Waals surface area contributed by atoms with Crippen molar-refractivity contribution in [1.82, 2.24) is 0 Å². The molecular weight excluding hydrogens is 204 g/mol. The second-order valence-corrected chi connectivity index (χ2v) is 4.91. The molecule has 2 atom stereocenters. The van der Waals surface area contributed by atoms with Crippen molar-refractivity contribution in [3.05, 3.63) is 35.9 Å². The monoisotopic (exact) mass is 222 g/mol. The molecule has 1 aliphatic rings. The van der Waals surface area contributed by atoms with Gasteiger partial charge < -0.3 is 14.6 Å². The van der Waals surface area contributed by atoms with Crippen LogP contribution in [0, 0.1) is 5.41 Å². The summed E-state index contributed by atoms with van der Waals surface area (Å²) >= 11 is 0. The van der Waals surface area contributed by atoms with Gasteiger partial charge in [0.2, 0.25) is 0 Å². The Balaban J connectivity index is 1.95. The second kappa shape index (κ2) is 4.53. The number of aliphatic hydroxyl groups excluding tert-OH is 1. The van der Waals surface area contributed by atoms with Crippen LogP contribution in [-0.2, 0) is 16.1 Å². The topological polar surface area (TPSA) is 38.7 Å². The first-order chi connectivity index (χ1) is 7.59. The van der Waals surface area contributed by atoms with E-state index in [1.165, 1.54) is 0 Å². The summed E-state index contributed by atoms with van der Waals surface area (Å²) < 4.78 is 10.9. The first kappa shape index (κ1) is 11.6. The van der Waals surface area contributed by atoms with Crippen LogP contribution in [0.15, 0.2) is 30.3 Å². The fraction of sp³-hybridized carbons (Fsp3) is 0.538. The van der Waals surface area contributed by atoms with Gasteiger partial charge in [-0.1, -0.05) is 44.2 Å². The lowest BCUT2D eigenvalue weighted by atomic mass is 9.89. The molecule has 0 spiro atoms. The maximum Gasteiger partial charge on any atom is 0.181 e. The molecule has 0 bridgehead atoms. The van der Waals surface area contributed by atoms with E-state index in [1.807, 2.05) is 44.2 Å². The maximum atomic E-state index is 9.66. The summed E-state index contributed by atoms with van der Waals surface area (Å²) in [6.45, 7) is 5.13. The Labute approximate surface area is 96.0 Å². The molecule has 1 aromatic carbocycles. The molecule has 16 heavy (non-hydrogen) atoms. The fourth-order valence-corrected chi connectivity index (χ4v) is 1.92. The highest BCUT2D eigenvalue weighted by molar-refractivity contribution is 5.13. The Bertz CT molecular complexity index is 334. The van der Waals surface area contributed by atoms with Gasteiger partial charge in [-0.2, -0.15) is 0 Å². The molecule has 1 N–H and O–H groups in total. The van der Waals surface area contributed by atoms with Crippen molar-refractivity contribution in [1.29, 1.82) is 0 Å². The molecule has 88 valence electrons. The molecule has 1 fully saturated rings. The number of aliphatic hydroxyl groups is 1. The summed E-state index contributed by atoms with van der Waals surface area (Å²) in [6, 6.07) is 9.95. The zero-order valence-electron chi connectivity index (χ0n) is 9.72. The highest BCUT2D eigenvalue weighted by Crippen LogP contribution is 2.33. The minimum atomic E-state index is -0.807. The summed E-state index contributed by atoms with van der Waals surface area (Å²) in [6.07, 6.45) is -1.06. The largest absolute Gasteiger partial charge is 0.368 e. The minimum Gasteiger partial charge on any atom is -0.368 e. The Morgan fingerprint density at radius 1 is 1.38 bits per heavy atom. The van der Waals surface area contributed by atoms with E-state index in [0.717, 1.165) is 5.56 Å². The van der Waals surface area contributed by atoms with Gasteiger partial charge in [-0.05, 0) is 5.56 Å². The predicted octanol–water partition coefficient (Wildman–Crippen LogP) is 1.95. The van der Waals surface area contributed by atoms with Gasteiger partial charge in [-0.15, -0.1) is 0 Å². The lowest BCUT2D eigenvalue weighted by Crippen LogP contribution is -2.35. The summed E-state index contributed by atoms with van der Waals surface area (Å²) in [5, 5.41) is 9.66. The Hall–Kier alpha value is -0.900. The molecule has 0 amide bonds. The lowest BCUT2D eigenvalue weighted by molar-refractivity contribution is -0.138. The van der Waals surface area contributed by atoms with Crippen LogP contribution >= 0.6 is 0 Å². The van der Waals surface area contributed by atoms with Crippen molar-refractivity contribution >= 4 is 0 Å². The van der Waals surface area contributed by atoms with Gasteiger partial charge in [-0.25, -0.2) is 0 Å². The third-order valence-corrected chi connectivity index (χ3v) is 2.93. The molecule has 3 nitrogen and oxygen atoms in total. The number of rotatable bonds is 3. The number of ether oxygens (including phenoxy) is 2. The summed E-state index contributed by atoms with van der Waals surface area (Å²) in [5.74, 6) is 0. The van der Waals surface area contributed by atoms with E-state index in [9.17, 15) is 5.11 Å². The van der Waals surface area contributed by atoms with Crippen LogP contribution in [0.25, 0.3) is 0 Å². The quantitative estimate of drug-likeness (QED) is 0.849. The fourth-order valence-electron chi connectivity index (χ4n) is 1.92. The van der Waals surface area contributed by atoms with Crippen molar-refractivity contribution in [2.45, 2.75) is 32.8 Å². The second-order valence-electron chi connectivity index (χ2n) is 4.91. The van der Waals surface area contributed by atoms with Crippen LogP contribution in [0.3, 0.4) is 0 Å². The van der Waals surface area contributed by atoms with E-state index < -0.39 is 6.29 Å². The third kappa shape index (κ3) is 2.43. The molecule has 0 aliphatic carbocycles. The van der Waals surface area contributed by atoms with Crippen LogP contribution in [0.5, 0.6) is 0 Å². The van der Waals surface area contributed by atoms with Crippen molar-refractivity contribution in [2.24, 2.45) is 5.41 Å². The first-order valence-corrected chi connectivity index (χ1v) is 5.55. The Morgan fingerprint density at radius 2 is 2.06 bits per heavy atom. The smallest absolute Gasteiger partial charge is 0.181 e. The molecule has 1 aliphatic heterocycles.